The third-order valence-corrected chi connectivity index (χ3v) is 5.64. The van der Waals surface area contributed by atoms with Crippen LogP contribution in [0.25, 0.3) is 0 Å². The number of nitrogens with zero attached hydrogens (tertiary/aromatic N) is 1. The van der Waals surface area contributed by atoms with Crippen molar-refractivity contribution in [3.63, 3.8) is 0 Å². The average Bonchev–Trinajstić information content (AvgIpc) is 2.71. The number of benzene rings is 2. The molecule has 0 spiro atoms. The van der Waals surface area contributed by atoms with E-state index in [1.165, 1.54) is 27.2 Å². The van der Waals surface area contributed by atoms with Gasteiger partial charge < -0.3 is 19.5 Å². The molecule has 1 amide bonds. The molecule has 0 bridgehead atoms. The third-order valence-electron chi connectivity index (χ3n) is 4.40. The Morgan fingerprint density at radius 3 is 2.27 bits per heavy atom. The number of hydrogen-bond acceptors (Lipinski definition) is 6. The molecule has 1 N–H and O–H groups in total. The number of ether oxygens (including phenoxy) is 3. The number of hydrogen-bond donors (Lipinski definition) is 1. The van der Waals surface area contributed by atoms with E-state index < -0.39 is 22.0 Å². The highest BCUT2D eigenvalue weighted by Crippen LogP contribution is 2.33. The van der Waals surface area contributed by atoms with Crippen LogP contribution in [0.3, 0.4) is 0 Å². The zero-order valence-electron chi connectivity index (χ0n) is 17.8. The molecule has 0 aliphatic heterocycles. The van der Waals surface area contributed by atoms with Gasteiger partial charge in [0.05, 0.1) is 32.7 Å². The molecule has 0 aliphatic carbocycles. The summed E-state index contributed by atoms with van der Waals surface area (Å²) in [6, 6.07) is 11.3. The number of nitrogens with one attached hydrogen (secondary N) is 1. The number of rotatable bonds is 10. The maximum absolute atomic E-state index is 12.6. The van der Waals surface area contributed by atoms with E-state index in [2.05, 4.69) is 5.32 Å². The molecule has 2 rings (SSSR count). The molecule has 0 aliphatic rings. The predicted octanol–water partition coefficient (Wildman–Crippen LogP) is 2.36. The number of methoxy groups -OCH3 is 2. The van der Waals surface area contributed by atoms with Gasteiger partial charge in [-0.25, -0.2) is 8.42 Å². The summed E-state index contributed by atoms with van der Waals surface area (Å²) in [6.07, 6.45) is 1.05. The Morgan fingerprint density at radius 1 is 1.07 bits per heavy atom. The molecule has 0 aromatic heterocycles. The molecular weight excluding hydrogens is 408 g/mol. The molecule has 1 atom stereocenters. The summed E-state index contributed by atoms with van der Waals surface area (Å²) in [7, 11) is -0.798. The van der Waals surface area contributed by atoms with Gasteiger partial charge in [0.25, 0.3) is 0 Å². The van der Waals surface area contributed by atoms with Crippen molar-refractivity contribution < 1.29 is 27.4 Å². The minimum absolute atomic E-state index is 0.237. The lowest BCUT2D eigenvalue weighted by Gasteiger charge is -2.28. The lowest BCUT2D eigenvalue weighted by molar-refractivity contribution is -0.121. The van der Waals surface area contributed by atoms with Crippen LogP contribution >= 0.6 is 0 Å². The number of aryl methyl sites for hydroxylation is 1. The number of anilines is 1. The number of amides is 1. The van der Waals surface area contributed by atoms with Crippen molar-refractivity contribution >= 4 is 21.6 Å². The molecule has 0 radical (unpaired) electrons. The van der Waals surface area contributed by atoms with Crippen molar-refractivity contribution in [2.24, 2.45) is 0 Å². The van der Waals surface area contributed by atoms with Crippen LogP contribution in [0.4, 0.5) is 5.69 Å². The lowest BCUT2D eigenvalue weighted by atomic mass is 10.2. The van der Waals surface area contributed by atoms with Gasteiger partial charge in [0.15, 0.2) is 11.5 Å². The quantitative estimate of drug-likeness (QED) is 0.575. The molecule has 164 valence electrons. The maximum Gasteiger partial charge on any atom is 0.243 e. The van der Waals surface area contributed by atoms with Crippen LogP contribution in [0.15, 0.2) is 42.5 Å². The molecule has 0 heterocycles. The first-order valence-corrected chi connectivity index (χ1v) is 11.2. The molecule has 0 saturated carbocycles. The highest BCUT2D eigenvalue weighted by molar-refractivity contribution is 7.92. The van der Waals surface area contributed by atoms with Gasteiger partial charge in [0.1, 0.15) is 18.4 Å². The Kier molecular flexibility index (Phi) is 7.93. The number of carbonyl (C=O) groups excluding carboxylic acids is 1. The monoisotopic (exact) mass is 436 g/mol. The Morgan fingerprint density at radius 2 is 1.70 bits per heavy atom. The number of sulfonamides is 1. The van der Waals surface area contributed by atoms with E-state index in [0.717, 1.165) is 16.1 Å². The largest absolute Gasteiger partial charge is 0.493 e. The molecule has 2 aromatic rings. The highest BCUT2D eigenvalue weighted by Gasteiger charge is 2.29. The van der Waals surface area contributed by atoms with E-state index in [9.17, 15) is 13.2 Å². The van der Waals surface area contributed by atoms with Gasteiger partial charge in [-0.15, -0.1) is 0 Å². The zero-order valence-corrected chi connectivity index (χ0v) is 18.7. The number of carbonyl (C=O) groups is 1. The smallest absolute Gasteiger partial charge is 0.243 e. The average molecular weight is 437 g/mol. The van der Waals surface area contributed by atoms with Crippen molar-refractivity contribution in [1.29, 1.82) is 0 Å². The maximum atomic E-state index is 12.6. The first kappa shape index (κ1) is 23.3. The van der Waals surface area contributed by atoms with Gasteiger partial charge >= 0.3 is 0 Å². The lowest BCUT2D eigenvalue weighted by Crippen LogP contribution is -2.48. The first-order chi connectivity index (χ1) is 14.2. The summed E-state index contributed by atoms with van der Waals surface area (Å²) in [5.41, 5.74) is 1.43. The van der Waals surface area contributed by atoms with Crippen LogP contribution in [-0.4, -0.2) is 54.0 Å². The van der Waals surface area contributed by atoms with E-state index in [1.807, 2.05) is 31.2 Å². The third kappa shape index (κ3) is 6.03. The van der Waals surface area contributed by atoms with E-state index >= 15 is 0 Å². The van der Waals surface area contributed by atoms with Crippen molar-refractivity contribution in [2.45, 2.75) is 19.9 Å². The standard InChI is InChI=1S/C21H28N2O6S/c1-15-6-9-18(10-7-15)29-13-12-22-21(24)16(2)23(30(5,25)26)17-8-11-19(27-3)20(14-17)28-4/h6-11,14,16H,12-13H2,1-5H3,(H,22,24)/t16-/m1/s1. The van der Waals surface area contributed by atoms with E-state index in [4.69, 9.17) is 14.2 Å². The fourth-order valence-corrected chi connectivity index (χ4v) is 4.06. The minimum atomic E-state index is -3.74. The van der Waals surface area contributed by atoms with Crippen LogP contribution in [0.2, 0.25) is 0 Å². The van der Waals surface area contributed by atoms with Crippen LogP contribution < -0.4 is 23.8 Å². The van der Waals surface area contributed by atoms with Crippen LogP contribution in [-0.2, 0) is 14.8 Å². The fraction of sp³-hybridized carbons (Fsp3) is 0.381. The van der Waals surface area contributed by atoms with Gasteiger partial charge in [-0.3, -0.25) is 9.10 Å². The second-order valence-corrected chi connectivity index (χ2v) is 8.59. The SMILES string of the molecule is COc1ccc(N([C@H](C)C(=O)NCCOc2ccc(C)cc2)S(C)(=O)=O)cc1OC. The van der Waals surface area contributed by atoms with Crippen LogP contribution in [0, 0.1) is 6.92 Å². The molecule has 30 heavy (non-hydrogen) atoms. The zero-order chi connectivity index (χ0) is 22.3. The summed E-state index contributed by atoms with van der Waals surface area (Å²) in [4.78, 5) is 12.6. The van der Waals surface area contributed by atoms with Gasteiger partial charge in [0, 0.05) is 6.07 Å². The highest BCUT2D eigenvalue weighted by atomic mass is 32.2. The van der Waals surface area contributed by atoms with Gasteiger partial charge in [-0.2, -0.15) is 0 Å². The second-order valence-electron chi connectivity index (χ2n) is 6.73. The summed E-state index contributed by atoms with van der Waals surface area (Å²) in [6.45, 7) is 4.00. The topological polar surface area (TPSA) is 94.2 Å². The van der Waals surface area contributed by atoms with Crippen molar-refractivity contribution in [3.8, 4) is 17.2 Å². The molecule has 8 nitrogen and oxygen atoms in total. The molecule has 0 unspecified atom stereocenters. The molecule has 9 heteroatoms. The summed E-state index contributed by atoms with van der Waals surface area (Å²) in [5.74, 6) is 1.08. The second kappa shape index (κ2) is 10.2. The van der Waals surface area contributed by atoms with E-state index in [1.54, 1.807) is 12.1 Å². The molecule has 0 fully saturated rings. The van der Waals surface area contributed by atoms with Gasteiger partial charge in [-0.1, -0.05) is 17.7 Å². The van der Waals surface area contributed by atoms with Gasteiger partial charge in [0.2, 0.25) is 15.9 Å². The first-order valence-electron chi connectivity index (χ1n) is 9.36. The van der Waals surface area contributed by atoms with Gasteiger partial charge in [-0.05, 0) is 38.1 Å². The van der Waals surface area contributed by atoms with Crippen LogP contribution in [0.5, 0.6) is 17.2 Å². The summed E-state index contributed by atoms with van der Waals surface area (Å²) < 4.78 is 41.9. The normalized spacial score (nSPS) is 12.0. The molecular formula is C21H28N2O6S. The van der Waals surface area contributed by atoms with E-state index in [0.29, 0.717) is 22.9 Å². The summed E-state index contributed by atoms with van der Waals surface area (Å²) in [5, 5.41) is 2.71. The summed E-state index contributed by atoms with van der Waals surface area (Å²) >= 11 is 0. The Bertz CT molecular complexity index is 960. The van der Waals surface area contributed by atoms with Crippen molar-refractivity contribution in [1.82, 2.24) is 5.32 Å². The minimum Gasteiger partial charge on any atom is -0.493 e. The molecule has 0 saturated heterocycles. The Hall–Kier alpha value is -2.94. The Labute approximate surface area is 177 Å². The van der Waals surface area contributed by atoms with E-state index in [-0.39, 0.29) is 13.2 Å². The fourth-order valence-electron chi connectivity index (χ4n) is 2.90. The van der Waals surface area contributed by atoms with Crippen molar-refractivity contribution in [3.05, 3.63) is 48.0 Å². The van der Waals surface area contributed by atoms with Crippen molar-refractivity contribution in [2.75, 3.05) is 37.9 Å². The Balaban J connectivity index is 2.06. The predicted molar refractivity (Wildman–Crippen MR) is 116 cm³/mol. The van der Waals surface area contributed by atoms with Crippen LogP contribution in [0.1, 0.15) is 12.5 Å². The molecule has 2 aromatic carbocycles.